The van der Waals surface area contributed by atoms with Crippen LogP contribution in [-0.4, -0.2) is 39.8 Å². The molecule has 4 aliphatic rings. The van der Waals surface area contributed by atoms with Gasteiger partial charge in [-0.3, -0.25) is 4.79 Å². The highest BCUT2D eigenvalue weighted by atomic mass is 35.5. The van der Waals surface area contributed by atoms with Crippen molar-refractivity contribution in [2.24, 2.45) is 17.8 Å². The molecular weight excluding hydrogens is 606 g/mol. The van der Waals surface area contributed by atoms with E-state index in [9.17, 15) is 14.7 Å². The van der Waals surface area contributed by atoms with E-state index < -0.39 is 11.4 Å². The number of methoxy groups -OCH3 is 2. The van der Waals surface area contributed by atoms with E-state index in [1.54, 1.807) is 32.7 Å². The molecule has 0 saturated heterocycles. The summed E-state index contributed by atoms with van der Waals surface area (Å²) in [6.45, 7) is 0. The van der Waals surface area contributed by atoms with Crippen molar-refractivity contribution in [3.05, 3.63) is 80.8 Å². The first-order valence-corrected chi connectivity index (χ1v) is 15.2. The number of pyridine rings is 1. The molecule has 4 fully saturated rings. The van der Waals surface area contributed by atoms with Crippen LogP contribution in [0.25, 0.3) is 10.9 Å². The molecule has 0 amide bonds. The number of halogens is 1. The Morgan fingerprint density at radius 1 is 1.04 bits per heavy atom. The molecule has 10 nitrogen and oxygen atoms in total. The summed E-state index contributed by atoms with van der Waals surface area (Å²) in [7, 11) is 3.15. The molecule has 0 spiro atoms. The Labute approximate surface area is 272 Å². The van der Waals surface area contributed by atoms with Gasteiger partial charge in [0.2, 0.25) is 11.4 Å². The monoisotopic (exact) mass is 641 g/mol. The lowest BCUT2D eigenvalue weighted by molar-refractivity contribution is -0.0411. The van der Waals surface area contributed by atoms with Gasteiger partial charge in [-0.15, -0.1) is 12.4 Å². The van der Waals surface area contributed by atoms with Crippen LogP contribution in [0.5, 0.6) is 11.5 Å². The zero-order chi connectivity index (χ0) is 31.5. The number of carboxylic acid groups (broad SMARTS) is 1. The predicted molar refractivity (Wildman–Crippen MR) is 178 cm³/mol. The molecular formula is C35H36ClN5O5. The number of aromatic nitrogens is 3. The van der Waals surface area contributed by atoms with Gasteiger partial charge in [0.25, 0.3) is 0 Å². The van der Waals surface area contributed by atoms with Gasteiger partial charge in [-0.1, -0.05) is 17.9 Å². The molecule has 4 bridgehead atoms. The molecule has 5 N–H and O–H groups in total. The van der Waals surface area contributed by atoms with Gasteiger partial charge >= 0.3 is 5.97 Å². The summed E-state index contributed by atoms with van der Waals surface area (Å²) < 4.78 is 13.2. The van der Waals surface area contributed by atoms with Gasteiger partial charge in [-0.2, -0.15) is 4.98 Å². The smallest absolute Gasteiger partial charge is 0.341 e. The number of carbonyl (C=O) groups is 1. The highest BCUT2D eigenvalue weighted by Crippen LogP contribution is 2.59. The number of fused-ring (bicyclic) bond motifs is 1. The number of nitrogens with zero attached hydrogens (tertiary/aromatic N) is 3. The van der Waals surface area contributed by atoms with E-state index in [-0.39, 0.29) is 41.7 Å². The van der Waals surface area contributed by atoms with Crippen molar-refractivity contribution >= 4 is 41.0 Å². The Kier molecular flexibility index (Phi) is 8.07. The van der Waals surface area contributed by atoms with Gasteiger partial charge < -0.3 is 30.6 Å². The second-order valence-corrected chi connectivity index (χ2v) is 12.8. The third-order valence-corrected chi connectivity index (χ3v) is 9.98. The Hall–Kier alpha value is -4.75. The van der Waals surface area contributed by atoms with Gasteiger partial charge in [-0.05, 0) is 86.1 Å². The lowest BCUT2D eigenvalue weighted by atomic mass is 9.53. The van der Waals surface area contributed by atoms with Crippen LogP contribution in [-0.2, 0) is 12.0 Å². The molecule has 46 heavy (non-hydrogen) atoms. The van der Waals surface area contributed by atoms with E-state index in [0.29, 0.717) is 62.4 Å². The number of ether oxygens (including phenoxy) is 2. The fraction of sp³-hybridized carbons (Fsp3) is 0.371. The van der Waals surface area contributed by atoms with Crippen molar-refractivity contribution in [3.63, 3.8) is 0 Å². The summed E-state index contributed by atoms with van der Waals surface area (Å²) in [6.07, 6.45) is 9.93. The normalized spacial score (nSPS) is 22.5. The first-order chi connectivity index (χ1) is 21.7. The molecule has 4 aromatic rings. The van der Waals surface area contributed by atoms with Crippen LogP contribution in [0.2, 0.25) is 0 Å². The summed E-state index contributed by atoms with van der Waals surface area (Å²) in [5.74, 6) is 8.43. The summed E-state index contributed by atoms with van der Waals surface area (Å²) in [5.41, 5.74) is 14.1. The van der Waals surface area contributed by atoms with Crippen LogP contribution in [0.3, 0.4) is 0 Å². The second-order valence-electron chi connectivity index (χ2n) is 12.8. The number of anilines is 2. The SMILES string of the molecule is COc1cccc(C#Cc2cc(Cc3cnc(N)nc3N)c3c(=O)c(C(=O)O)cn(C45CC6CC(CC(C6)C4)C5)c3c2)c1OC.Cl. The molecule has 0 aliphatic heterocycles. The molecule has 0 unspecified atom stereocenters. The standard InChI is InChI=1S/C35H35N5O5.ClH/c1-44-28-5-3-4-23(31(28)45-2)7-6-19-11-24(13-25-17-38-34(37)39-32(25)36)29-27(12-19)40(18-26(30(29)41)33(42)43)35-14-20-8-21(15-35)10-22(9-20)16-35;/h3-5,11-12,17-18,20-22H,8-10,13-16H2,1-2H3,(H,42,43)(H4,36,37,38,39);1H. The highest BCUT2D eigenvalue weighted by molar-refractivity contribution is 5.94. The predicted octanol–water partition coefficient (Wildman–Crippen LogP) is 5.01. The lowest BCUT2D eigenvalue weighted by Gasteiger charge is -2.58. The van der Waals surface area contributed by atoms with E-state index in [1.807, 2.05) is 24.3 Å². The van der Waals surface area contributed by atoms with E-state index in [1.165, 1.54) is 19.3 Å². The highest BCUT2D eigenvalue weighted by Gasteiger charge is 2.52. The fourth-order valence-electron chi connectivity index (χ4n) is 8.55. The maximum Gasteiger partial charge on any atom is 0.341 e. The number of nitrogen functional groups attached to an aromatic ring is 2. The topological polar surface area (TPSA) is 156 Å². The average Bonchev–Trinajstić information content (AvgIpc) is 3.00. The van der Waals surface area contributed by atoms with Gasteiger partial charge in [0.15, 0.2) is 11.5 Å². The summed E-state index contributed by atoms with van der Waals surface area (Å²) in [6, 6.07) is 9.26. The minimum Gasteiger partial charge on any atom is -0.493 e. The summed E-state index contributed by atoms with van der Waals surface area (Å²) >= 11 is 0. The lowest BCUT2D eigenvalue weighted by Crippen LogP contribution is -2.52. The number of benzene rings is 2. The zero-order valence-electron chi connectivity index (χ0n) is 25.7. The van der Waals surface area contributed by atoms with E-state index in [0.717, 1.165) is 19.3 Å². The molecule has 0 atom stereocenters. The van der Waals surface area contributed by atoms with E-state index >= 15 is 0 Å². The molecule has 4 aliphatic carbocycles. The van der Waals surface area contributed by atoms with Crippen LogP contribution in [0, 0.1) is 29.6 Å². The second kappa shape index (κ2) is 11.9. The molecule has 2 aromatic carbocycles. The number of aromatic carboxylic acids is 1. The molecule has 238 valence electrons. The maximum absolute atomic E-state index is 14.0. The number of carboxylic acids is 1. The molecule has 2 heterocycles. The number of para-hydroxylation sites is 1. The Bertz CT molecular complexity index is 1960. The van der Waals surface area contributed by atoms with Crippen LogP contribution in [0.4, 0.5) is 11.8 Å². The minimum absolute atomic E-state index is 0. The van der Waals surface area contributed by atoms with E-state index in [4.69, 9.17) is 20.9 Å². The molecule has 4 saturated carbocycles. The molecule has 0 radical (unpaired) electrons. The third kappa shape index (κ3) is 5.28. The van der Waals surface area contributed by atoms with E-state index in [2.05, 4.69) is 26.4 Å². The van der Waals surface area contributed by atoms with Crippen LogP contribution >= 0.6 is 12.4 Å². The minimum atomic E-state index is -1.24. The number of hydrogen-bond donors (Lipinski definition) is 3. The largest absolute Gasteiger partial charge is 0.493 e. The molecule has 11 heteroatoms. The van der Waals surface area contributed by atoms with Crippen molar-refractivity contribution in [1.82, 2.24) is 14.5 Å². The van der Waals surface area contributed by atoms with Gasteiger partial charge in [0.1, 0.15) is 11.4 Å². The maximum atomic E-state index is 14.0. The Morgan fingerprint density at radius 2 is 1.74 bits per heavy atom. The molecule has 8 rings (SSSR count). The van der Waals surface area contributed by atoms with Crippen LogP contribution in [0.15, 0.2) is 47.5 Å². The van der Waals surface area contributed by atoms with Gasteiger partial charge in [-0.25, -0.2) is 9.78 Å². The number of nitrogens with two attached hydrogens (primary N) is 2. The van der Waals surface area contributed by atoms with Crippen molar-refractivity contribution in [2.75, 3.05) is 25.7 Å². The number of hydrogen-bond acceptors (Lipinski definition) is 8. The van der Waals surface area contributed by atoms with Crippen LogP contribution < -0.4 is 26.4 Å². The van der Waals surface area contributed by atoms with Crippen LogP contribution in [0.1, 0.15) is 71.1 Å². The van der Waals surface area contributed by atoms with Crippen molar-refractivity contribution in [2.45, 2.75) is 50.5 Å². The molecule has 2 aromatic heterocycles. The first-order valence-electron chi connectivity index (χ1n) is 15.2. The number of rotatable bonds is 6. The average molecular weight is 642 g/mol. The zero-order valence-corrected chi connectivity index (χ0v) is 26.5. The summed E-state index contributed by atoms with van der Waals surface area (Å²) in [4.78, 5) is 34.8. The quantitative estimate of drug-likeness (QED) is 0.246. The van der Waals surface area contributed by atoms with Gasteiger partial charge in [0.05, 0.1) is 30.7 Å². The van der Waals surface area contributed by atoms with Gasteiger partial charge in [0, 0.05) is 35.5 Å². The Balaban J connectivity index is 0.00000372. The van der Waals surface area contributed by atoms with Crippen molar-refractivity contribution in [3.8, 4) is 23.3 Å². The third-order valence-electron chi connectivity index (χ3n) is 9.98. The first kappa shape index (κ1) is 31.2. The van der Waals surface area contributed by atoms with Crippen molar-refractivity contribution in [1.29, 1.82) is 0 Å². The van der Waals surface area contributed by atoms with Crippen molar-refractivity contribution < 1.29 is 19.4 Å². The fourth-order valence-corrected chi connectivity index (χ4v) is 8.55. The summed E-state index contributed by atoms with van der Waals surface area (Å²) in [5, 5.41) is 10.6. The Morgan fingerprint density at radius 3 is 2.35 bits per heavy atom.